The molecule has 1 N–H and O–H groups in total. The van der Waals surface area contributed by atoms with E-state index < -0.39 is 10.0 Å². The van der Waals surface area contributed by atoms with Crippen molar-refractivity contribution in [3.63, 3.8) is 0 Å². The largest absolute Gasteiger partial charge is 0.493 e. The van der Waals surface area contributed by atoms with E-state index in [-0.39, 0.29) is 11.5 Å². The summed E-state index contributed by atoms with van der Waals surface area (Å²) in [5.74, 6) is 1.09. The standard InChI is InChI=1S/C22H20N2O4S2/c1-2-27-20-11-12-22(18-8-4-3-7-17(18)20)30(25,26)24-19-9-5-6-10-21(19)28-13-16-14-29-15-23-16/h3-12,14-15,24H,2,13H2,1H3. The molecule has 0 bridgehead atoms. The van der Waals surface area contributed by atoms with Crippen LogP contribution in [0.2, 0.25) is 0 Å². The third-order valence-electron chi connectivity index (χ3n) is 4.42. The monoisotopic (exact) mass is 440 g/mol. The van der Waals surface area contributed by atoms with Crippen LogP contribution in [-0.2, 0) is 16.6 Å². The molecule has 0 fully saturated rings. The van der Waals surface area contributed by atoms with Crippen molar-refractivity contribution in [3.05, 3.63) is 77.2 Å². The van der Waals surface area contributed by atoms with E-state index in [1.807, 2.05) is 30.5 Å². The highest BCUT2D eigenvalue weighted by atomic mass is 32.2. The summed E-state index contributed by atoms with van der Waals surface area (Å²) in [6.45, 7) is 2.65. The Kier molecular flexibility index (Phi) is 5.87. The van der Waals surface area contributed by atoms with Gasteiger partial charge in [0.15, 0.2) is 0 Å². The molecule has 0 saturated heterocycles. The summed E-state index contributed by atoms with van der Waals surface area (Å²) in [6, 6.07) is 17.5. The van der Waals surface area contributed by atoms with E-state index in [1.54, 1.807) is 48.0 Å². The molecule has 0 amide bonds. The first-order valence-electron chi connectivity index (χ1n) is 9.35. The average molecular weight is 441 g/mol. The number of rotatable bonds is 8. The molecule has 4 rings (SSSR count). The second-order valence-electron chi connectivity index (χ2n) is 6.41. The minimum Gasteiger partial charge on any atom is -0.493 e. The Morgan fingerprint density at radius 1 is 0.933 bits per heavy atom. The summed E-state index contributed by atoms with van der Waals surface area (Å²) in [6.07, 6.45) is 0. The van der Waals surface area contributed by atoms with E-state index in [0.29, 0.717) is 29.2 Å². The molecule has 0 radical (unpaired) electrons. The molecule has 0 aliphatic heterocycles. The van der Waals surface area contributed by atoms with E-state index in [0.717, 1.165) is 11.1 Å². The van der Waals surface area contributed by atoms with Crippen LogP contribution in [0, 0.1) is 0 Å². The molecule has 0 aliphatic rings. The number of nitrogens with zero attached hydrogens (tertiary/aromatic N) is 1. The lowest BCUT2D eigenvalue weighted by molar-refractivity contribution is 0.304. The fourth-order valence-electron chi connectivity index (χ4n) is 3.10. The first-order chi connectivity index (χ1) is 14.6. The molecule has 154 valence electrons. The highest BCUT2D eigenvalue weighted by Crippen LogP contribution is 2.33. The zero-order valence-corrected chi connectivity index (χ0v) is 17.9. The highest BCUT2D eigenvalue weighted by molar-refractivity contribution is 7.93. The Hall–Kier alpha value is -3.10. The maximum atomic E-state index is 13.3. The van der Waals surface area contributed by atoms with Gasteiger partial charge in [-0.05, 0) is 31.2 Å². The van der Waals surface area contributed by atoms with Gasteiger partial charge in [-0.3, -0.25) is 4.72 Å². The van der Waals surface area contributed by atoms with Crippen LogP contribution in [0.15, 0.2) is 76.4 Å². The lowest BCUT2D eigenvalue weighted by Gasteiger charge is -2.15. The van der Waals surface area contributed by atoms with Gasteiger partial charge in [0.25, 0.3) is 10.0 Å². The topological polar surface area (TPSA) is 77.5 Å². The number of ether oxygens (including phenoxy) is 2. The molecule has 6 nitrogen and oxygen atoms in total. The van der Waals surface area contributed by atoms with Crippen molar-refractivity contribution in [1.82, 2.24) is 4.98 Å². The zero-order chi connectivity index (χ0) is 21.0. The maximum absolute atomic E-state index is 13.3. The van der Waals surface area contributed by atoms with Crippen LogP contribution in [-0.4, -0.2) is 20.0 Å². The lowest BCUT2D eigenvalue weighted by atomic mass is 10.1. The number of para-hydroxylation sites is 2. The van der Waals surface area contributed by atoms with Gasteiger partial charge in [-0.2, -0.15) is 0 Å². The number of nitrogens with one attached hydrogen (secondary N) is 1. The third kappa shape index (κ3) is 4.24. The van der Waals surface area contributed by atoms with Crippen LogP contribution < -0.4 is 14.2 Å². The Morgan fingerprint density at radius 2 is 1.70 bits per heavy atom. The van der Waals surface area contributed by atoms with Crippen molar-refractivity contribution in [1.29, 1.82) is 0 Å². The van der Waals surface area contributed by atoms with Crippen LogP contribution in [0.3, 0.4) is 0 Å². The van der Waals surface area contributed by atoms with E-state index >= 15 is 0 Å². The smallest absolute Gasteiger partial charge is 0.262 e. The predicted octanol–water partition coefficient (Wildman–Crippen LogP) is 5.07. The molecule has 0 saturated carbocycles. The summed E-state index contributed by atoms with van der Waals surface area (Å²) in [7, 11) is -3.87. The van der Waals surface area contributed by atoms with Crippen molar-refractivity contribution in [3.8, 4) is 11.5 Å². The van der Waals surface area contributed by atoms with Gasteiger partial charge in [-0.15, -0.1) is 11.3 Å². The predicted molar refractivity (Wildman–Crippen MR) is 119 cm³/mol. The number of thiazole rings is 1. The van der Waals surface area contributed by atoms with Gasteiger partial charge >= 0.3 is 0 Å². The first-order valence-corrected chi connectivity index (χ1v) is 11.8. The molecular formula is C22H20N2O4S2. The molecule has 3 aromatic carbocycles. The SMILES string of the molecule is CCOc1ccc(S(=O)(=O)Nc2ccccc2OCc2cscn2)c2ccccc12. The molecule has 30 heavy (non-hydrogen) atoms. The van der Waals surface area contributed by atoms with Crippen molar-refractivity contribution < 1.29 is 17.9 Å². The molecule has 8 heteroatoms. The maximum Gasteiger partial charge on any atom is 0.262 e. The zero-order valence-electron chi connectivity index (χ0n) is 16.2. The van der Waals surface area contributed by atoms with Crippen LogP contribution in [0.25, 0.3) is 10.8 Å². The summed E-state index contributed by atoms with van der Waals surface area (Å²) in [5.41, 5.74) is 2.88. The second kappa shape index (κ2) is 8.73. The van der Waals surface area contributed by atoms with Gasteiger partial charge in [0, 0.05) is 16.2 Å². The number of hydrogen-bond acceptors (Lipinski definition) is 6. The second-order valence-corrected chi connectivity index (χ2v) is 8.78. The molecule has 0 aliphatic carbocycles. The number of sulfonamides is 1. The summed E-state index contributed by atoms with van der Waals surface area (Å²) < 4.78 is 40.6. The number of benzene rings is 3. The van der Waals surface area contributed by atoms with Crippen molar-refractivity contribution >= 4 is 37.8 Å². The fraction of sp³-hybridized carbons (Fsp3) is 0.136. The van der Waals surface area contributed by atoms with Crippen LogP contribution >= 0.6 is 11.3 Å². The van der Waals surface area contributed by atoms with Gasteiger partial charge in [0.2, 0.25) is 0 Å². The van der Waals surface area contributed by atoms with E-state index in [4.69, 9.17) is 9.47 Å². The molecular weight excluding hydrogens is 420 g/mol. The normalized spacial score (nSPS) is 11.4. The summed E-state index contributed by atoms with van der Waals surface area (Å²) in [4.78, 5) is 4.36. The minimum atomic E-state index is -3.87. The van der Waals surface area contributed by atoms with E-state index in [1.165, 1.54) is 11.3 Å². The fourth-order valence-corrected chi connectivity index (χ4v) is 4.92. The number of anilines is 1. The first kappa shape index (κ1) is 20.2. The van der Waals surface area contributed by atoms with Gasteiger partial charge in [0.05, 0.1) is 28.4 Å². The Labute approximate surface area is 179 Å². The Bertz CT molecular complexity index is 1260. The van der Waals surface area contributed by atoms with Crippen molar-refractivity contribution in [2.75, 3.05) is 11.3 Å². The van der Waals surface area contributed by atoms with Crippen LogP contribution in [0.5, 0.6) is 11.5 Å². The molecule has 4 aromatic rings. The molecule has 0 spiro atoms. The Morgan fingerprint density at radius 3 is 2.47 bits per heavy atom. The average Bonchev–Trinajstić information content (AvgIpc) is 3.27. The number of fused-ring (bicyclic) bond motifs is 1. The summed E-state index contributed by atoms with van der Waals surface area (Å²) >= 11 is 1.48. The highest BCUT2D eigenvalue weighted by Gasteiger charge is 2.21. The quantitative estimate of drug-likeness (QED) is 0.414. The molecule has 1 aromatic heterocycles. The third-order valence-corrected chi connectivity index (χ3v) is 6.48. The van der Waals surface area contributed by atoms with Gasteiger partial charge in [-0.25, -0.2) is 13.4 Å². The molecule has 0 atom stereocenters. The van der Waals surface area contributed by atoms with Gasteiger partial charge in [-0.1, -0.05) is 36.4 Å². The van der Waals surface area contributed by atoms with Crippen LogP contribution in [0.1, 0.15) is 12.6 Å². The summed E-state index contributed by atoms with van der Waals surface area (Å²) in [5, 5.41) is 3.23. The van der Waals surface area contributed by atoms with Crippen LogP contribution in [0.4, 0.5) is 5.69 Å². The van der Waals surface area contributed by atoms with Gasteiger partial charge in [0.1, 0.15) is 18.1 Å². The van der Waals surface area contributed by atoms with E-state index in [2.05, 4.69) is 9.71 Å². The Balaban J connectivity index is 1.67. The lowest BCUT2D eigenvalue weighted by Crippen LogP contribution is -2.14. The van der Waals surface area contributed by atoms with E-state index in [9.17, 15) is 8.42 Å². The molecule has 1 heterocycles. The minimum absolute atomic E-state index is 0.177. The molecule has 0 unspecified atom stereocenters. The van der Waals surface area contributed by atoms with Crippen molar-refractivity contribution in [2.45, 2.75) is 18.4 Å². The number of hydrogen-bond donors (Lipinski definition) is 1. The van der Waals surface area contributed by atoms with Gasteiger partial charge < -0.3 is 9.47 Å². The van der Waals surface area contributed by atoms with Crippen molar-refractivity contribution in [2.24, 2.45) is 0 Å². The number of aromatic nitrogens is 1.